The van der Waals surface area contributed by atoms with E-state index in [9.17, 15) is 0 Å². The monoisotopic (exact) mass is 470 g/mol. The lowest BCUT2D eigenvalue weighted by atomic mass is 10.2. The minimum absolute atomic E-state index is 0.885. The van der Waals surface area contributed by atoms with Crippen LogP contribution >= 0.6 is 0 Å². The third-order valence-corrected chi connectivity index (χ3v) is 6.72. The second-order valence-electron chi connectivity index (χ2n) is 9.21. The third kappa shape index (κ3) is 5.00. The van der Waals surface area contributed by atoms with Crippen LogP contribution < -0.4 is 9.64 Å². The number of benzene rings is 2. The Hall–Kier alpha value is -3.45. The van der Waals surface area contributed by atoms with Gasteiger partial charge in [-0.15, -0.1) is 0 Å². The quantitative estimate of drug-likeness (QED) is 0.369. The maximum atomic E-state index is 5.29. The van der Waals surface area contributed by atoms with Crippen molar-refractivity contribution >= 4 is 16.9 Å². The molecule has 1 saturated heterocycles. The number of hydrogen-bond acceptors (Lipinski definition) is 6. The van der Waals surface area contributed by atoms with E-state index in [-0.39, 0.29) is 0 Å². The molecule has 7 heteroatoms. The molecule has 35 heavy (non-hydrogen) atoms. The average molecular weight is 471 g/mol. The number of nitrogens with zero attached hydrogens (tertiary/aromatic N) is 6. The normalized spacial score (nSPS) is 14.5. The number of unbranched alkanes of at least 4 members (excludes halogenated alkanes) is 1. The number of piperazine rings is 1. The molecule has 2 aromatic heterocycles. The summed E-state index contributed by atoms with van der Waals surface area (Å²) in [4.78, 5) is 15.0. The minimum atomic E-state index is 0.885. The first-order valence-electron chi connectivity index (χ1n) is 12.6. The van der Waals surface area contributed by atoms with Gasteiger partial charge in [0.05, 0.1) is 23.9 Å². The number of para-hydroxylation sites is 1. The minimum Gasteiger partial charge on any atom is -0.497 e. The number of aryl methyl sites for hydroxylation is 2. The van der Waals surface area contributed by atoms with Gasteiger partial charge in [0.2, 0.25) is 0 Å². The molecule has 0 amide bonds. The number of anilines is 1. The van der Waals surface area contributed by atoms with Gasteiger partial charge in [-0.2, -0.15) is 5.10 Å². The summed E-state index contributed by atoms with van der Waals surface area (Å²) < 4.78 is 7.27. The fraction of sp³-hybridized carbons (Fsp3) is 0.393. The summed E-state index contributed by atoms with van der Waals surface area (Å²) in [5.41, 5.74) is 4.22. The van der Waals surface area contributed by atoms with E-state index in [2.05, 4.69) is 47.9 Å². The molecule has 1 fully saturated rings. The first kappa shape index (κ1) is 23.3. The van der Waals surface area contributed by atoms with Crippen molar-refractivity contribution in [3.63, 3.8) is 0 Å². The van der Waals surface area contributed by atoms with E-state index >= 15 is 0 Å². The lowest BCUT2D eigenvalue weighted by molar-refractivity contribution is 0.249. The Labute approximate surface area is 207 Å². The van der Waals surface area contributed by atoms with E-state index in [1.807, 2.05) is 35.0 Å². The highest BCUT2D eigenvalue weighted by atomic mass is 16.5. The molecule has 4 aromatic rings. The van der Waals surface area contributed by atoms with Gasteiger partial charge in [0, 0.05) is 39.1 Å². The van der Waals surface area contributed by atoms with Gasteiger partial charge in [-0.05, 0) is 43.2 Å². The van der Waals surface area contributed by atoms with Crippen molar-refractivity contribution in [2.24, 2.45) is 0 Å². The van der Waals surface area contributed by atoms with Gasteiger partial charge in [-0.1, -0.05) is 43.7 Å². The van der Waals surface area contributed by atoms with Gasteiger partial charge < -0.3 is 9.64 Å². The summed E-state index contributed by atoms with van der Waals surface area (Å²) in [5, 5.41) is 5.96. The molecule has 0 unspecified atom stereocenters. The molecular weight excluding hydrogens is 436 g/mol. The second-order valence-corrected chi connectivity index (χ2v) is 9.21. The topological polar surface area (TPSA) is 59.3 Å². The predicted molar refractivity (Wildman–Crippen MR) is 140 cm³/mol. The zero-order valence-electron chi connectivity index (χ0n) is 20.9. The average Bonchev–Trinajstić information content (AvgIpc) is 3.24. The third-order valence-electron chi connectivity index (χ3n) is 6.72. The van der Waals surface area contributed by atoms with Gasteiger partial charge in [0.15, 0.2) is 5.65 Å². The molecule has 0 N–H and O–H groups in total. The zero-order chi connectivity index (χ0) is 24.2. The molecule has 182 valence electrons. The van der Waals surface area contributed by atoms with Crippen molar-refractivity contribution < 1.29 is 4.74 Å². The van der Waals surface area contributed by atoms with Crippen LogP contribution in [0.3, 0.4) is 0 Å². The van der Waals surface area contributed by atoms with Crippen LogP contribution in [0.1, 0.15) is 36.8 Å². The lowest BCUT2D eigenvalue weighted by Gasteiger charge is -2.35. The Bertz CT molecular complexity index is 1260. The molecule has 0 bridgehead atoms. The fourth-order valence-electron chi connectivity index (χ4n) is 4.74. The summed E-state index contributed by atoms with van der Waals surface area (Å²) >= 11 is 0. The number of ether oxygens (including phenoxy) is 1. The number of hydrogen-bond donors (Lipinski definition) is 0. The molecule has 3 heterocycles. The molecule has 2 aromatic carbocycles. The molecule has 0 atom stereocenters. The number of methoxy groups -OCH3 is 1. The van der Waals surface area contributed by atoms with Crippen molar-refractivity contribution in [3.8, 4) is 11.4 Å². The molecule has 1 aliphatic heterocycles. The van der Waals surface area contributed by atoms with Crippen LogP contribution in [0.2, 0.25) is 0 Å². The van der Waals surface area contributed by atoms with Crippen LogP contribution in [0.25, 0.3) is 16.7 Å². The largest absolute Gasteiger partial charge is 0.497 e. The van der Waals surface area contributed by atoms with Gasteiger partial charge in [-0.3, -0.25) is 4.90 Å². The Balaban J connectivity index is 1.41. The Morgan fingerprint density at radius 1 is 0.914 bits per heavy atom. The van der Waals surface area contributed by atoms with E-state index in [0.717, 1.165) is 91.8 Å². The number of rotatable bonds is 8. The standard InChI is InChI=1S/C28H34N6O/c1-4-5-11-25-29-27(26-21(2)31-34(28(26)30-25)23-9-7-6-8-10-23)33-18-16-32(17-19-33)20-22-12-14-24(35-3)15-13-22/h6-10,12-15H,4-5,11,16-20H2,1-3H3. The first-order valence-corrected chi connectivity index (χ1v) is 12.6. The molecule has 0 saturated carbocycles. The summed E-state index contributed by atoms with van der Waals surface area (Å²) in [6.45, 7) is 9.09. The van der Waals surface area contributed by atoms with Crippen molar-refractivity contribution in [1.29, 1.82) is 0 Å². The van der Waals surface area contributed by atoms with E-state index in [4.69, 9.17) is 19.8 Å². The highest BCUT2D eigenvalue weighted by Crippen LogP contribution is 2.30. The Morgan fingerprint density at radius 2 is 1.66 bits per heavy atom. The van der Waals surface area contributed by atoms with Crippen LogP contribution in [0.4, 0.5) is 5.82 Å². The summed E-state index contributed by atoms with van der Waals surface area (Å²) in [6.07, 6.45) is 3.09. The SMILES string of the molecule is CCCCc1nc(N2CCN(Cc3ccc(OC)cc3)CC2)c2c(C)nn(-c3ccccc3)c2n1. The zero-order valence-corrected chi connectivity index (χ0v) is 20.9. The van der Waals surface area contributed by atoms with E-state index in [0.29, 0.717) is 0 Å². The molecule has 1 aliphatic rings. The summed E-state index contributed by atoms with van der Waals surface area (Å²) in [6, 6.07) is 18.7. The van der Waals surface area contributed by atoms with E-state index in [1.54, 1.807) is 7.11 Å². The molecule has 0 spiro atoms. The van der Waals surface area contributed by atoms with Crippen molar-refractivity contribution in [3.05, 3.63) is 71.7 Å². The fourth-order valence-corrected chi connectivity index (χ4v) is 4.74. The van der Waals surface area contributed by atoms with Gasteiger partial charge in [0.1, 0.15) is 17.4 Å². The second kappa shape index (κ2) is 10.4. The summed E-state index contributed by atoms with van der Waals surface area (Å²) in [5.74, 6) is 2.84. The maximum absolute atomic E-state index is 5.29. The van der Waals surface area contributed by atoms with E-state index in [1.165, 1.54) is 5.56 Å². The highest BCUT2D eigenvalue weighted by Gasteiger charge is 2.24. The van der Waals surface area contributed by atoms with E-state index < -0.39 is 0 Å². The smallest absolute Gasteiger partial charge is 0.168 e. The molecule has 5 rings (SSSR count). The molecular formula is C28H34N6O. The number of fused-ring (bicyclic) bond motifs is 1. The molecule has 7 nitrogen and oxygen atoms in total. The lowest BCUT2D eigenvalue weighted by Crippen LogP contribution is -2.46. The first-order chi connectivity index (χ1) is 17.2. The number of aromatic nitrogens is 4. The maximum Gasteiger partial charge on any atom is 0.168 e. The molecule has 0 radical (unpaired) electrons. The van der Waals surface area contributed by atoms with Crippen LogP contribution in [-0.4, -0.2) is 57.9 Å². The van der Waals surface area contributed by atoms with Crippen molar-refractivity contribution in [1.82, 2.24) is 24.6 Å². The van der Waals surface area contributed by atoms with Crippen LogP contribution in [0.15, 0.2) is 54.6 Å². The molecule has 0 aliphatic carbocycles. The van der Waals surface area contributed by atoms with Gasteiger partial charge in [-0.25, -0.2) is 14.6 Å². The van der Waals surface area contributed by atoms with Crippen molar-refractivity contribution in [2.45, 2.75) is 39.7 Å². The van der Waals surface area contributed by atoms with Crippen LogP contribution in [-0.2, 0) is 13.0 Å². The summed E-state index contributed by atoms with van der Waals surface area (Å²) in [7, 11) is 1.71. The highest BCUT2D eigenvalue weighted by molar-refractivity contribution is 5.91. The van der Waals surface area contributed by atoms with Gasteiger partial charge in [0.25, 0.3) is 0 Å². The predicted octanol–water partition coefficient (Wildman–Crippen LogP) is 4.80. The van der Waals surface area contributed by atoms with Gasteiger partial charge >= 0.3 is 0 Å². The Morgan fingerprint density at radius 3 is 2.34 bits per heavy atom. The van der Waals surface area contributed by atoms with Crippen LogP contribution in [0.5, 0.6) is 5.75 Å². The van der Waals surface area contributed by atoms with Crippen molar-refractivity contribution in [2.75, 3.05) is 38.2 Å². The van der Waals surface area contributed by atoms with Crippen LogP contribution in [0, 0.1) is 6.92 Å². The Kier molecular flexibility index (Phi) is 6.95.